The molecular weight excluding hydrogens is 617 g/mol. The molecule has 0 fully saturated rings. The molecule has 0 aliphatic carbocycles. The molecule has 0 radical (unpaired) electrons. The van der Waals surface area contributed by atoms with Crippen molar-refractivity contribution >= 4 is 62.3 Å². The normalized spacial score (nSPS) is 12.5. The summed E-state index contributed by atoms with van der Waals surface area (Å²) in [6.45, 7) is 10.2. The Balaban J connectivity index is 2.15. The highest BCUT2D eigenvalue weighted by atomic mass is 35.5. The molecule has 0 aliphatic rings. The molecule has 0 unspecified atom stereocenters. The largest absolute Gasteiger partial charge is 0.350 e. The van der Waals surface area contributed by atoms with Crippen molar-refractivity contribution in [3.05, 3.63) is 92.4 Å². The lowest BCUT2D eigenvalue weighted by Crippen LogP contribution is -2.55. The predicted octanol–water partition coefficient (Wildman–Crippen LogP) is 7.18. The first-order valence-electron chi connectivity index (χ1n) is 13.4. The van der Waals surface area contributed by atoms with Gasteiger partial charge in [0.25, 0.3) is 10.0 Å². The summed E-state index contributed by atoms with van der Waals surface area (Å²) in [7, 11) is -4.22. The van der Waals surface area contributed by atoms with Crippen molar-refractivity contribution in [1.82, 2.24) is 10.2 Å². The van der Waals surface area contributed by atoms with Crippen LogP contribution in [0.25, 0.3) is 0 Å². The number of carbonyl (C=O) groups excluding carboxylic acids is 2. The number of rotatable bonds is 10. The molecular formula is C31H36Cl3N3O4S. The van der Waals surface area contributed by atoms with Gasteiger partial charge in [0.1, 0.15) is 12.6 Å². The Hall–Kier alpha value is -2.78. The number of hydrogen-bond acceptors (Lipinski definition) is 4. The highest BCUT2D eigenvalue weighted by Crippen LogP contribution is 2.31. The number of nitrogens with one attached hydrogen (secondary N) is 1. The third-order valence-corrected chi connectivity index (χ3v) is 9.31. The van der Waals surface area contributed by atoms with E-state index in [2.05, 4.69) is 5.32 Å². The van der Waals surface area contributed by atoms with Crippen molar-refractivity contribution in [3.63, 3.8) is 0 Å². The fraction of sp³-hybridized carbons (Fsp3) is 0.355. The minimum atomic E-state index is -4.22. The second-order valence-electron chi connectivity index (χ2n) is 11.1. The Morgan fingerprint density at radius 3 is 2.05 bits per heavy atom. The van der Waals surface area contributed by atoms with Crippen LogP contribution < -0.4 is 9.62 Å². The van der Waals surface area contributed by atoms with Gasteiger partial charge in [0.05, 0.1) is 10.6 Å². The number of hydrogen-bond donors (Lipinski definition) is 1. The van der Waals surface area contributed by atoms with E-state index in [1.165, 1.54) is 17.0 Å². The van der Waals surface area contributed by atoms with Gasteiger partial charge in [0, 0.05) is 32.7 Å². The average Bonchev–Trinajstić information content (AvgIpc) is 2.88. The highest BCUT2D eigenvalue weighted by molar-refractivity contribution is 7.92. The van der Waals surface area contributed by atoms with E-state index in [1.54, 1.807) is 62.4 Å². The number of halogens is 3. The molecule has 0 aromatic heterocycles. The zero-order valence-electron chi connectivity index (χ0n) is 24.5. The summed E-state index contributed by atoms with van der Waals surface area (Å²) < 4.78 is 29.2. The fourth-order valence-electron chi connectivity index (χ4n) is 4.48. The van der Waals surface area contributed by atoms with Crippen molar-refractivity contribution in [3.8, 4) is 0 Å². The lowest BCUT2D eigenvalue weighted by atomic mass is 10.1. The van der Waals surface area contributed by atoms with Gasteiger partial charge in [0.2, 0.25) is 11.8 Å². The average molecular weight is 653 g/mol. The number of anilines is 1. The molecule has 0 heterocycles. The van der Waals surface area contributed by atoms with Crippen LogP contribution >= 0.6 is 34.8 Å². The molecule has 0 bridgehead atoms. The SMILES string of the molecule is CC[C@H](C(=O)NC(C)(C)C)N(Cc1c(Cl)cccc1Cl)C(=O)CN(c1ccc(Cl)cc1C)S(=O)(=O)c1ccc(C)cc1. The van der Waals surface area contributed by atoms with Crippen molar-refractivity contribution in [2.24, 2.45) is 0 Å². The lowest BCUT2D eigenvalue weighted by Gasteiger charge is -2.35. The number of carbonyl (C=O) groups is 2. The summed E-state index contributed by atoms with van der Waals surface area (Å²) in [4.78, 5) is 29.1. The molecule has 1 N–H and O–H groups in total. The van der Waals surface area contributed by atoms with Gasteiger partial charge >= 0.3 is 0 Å². The van der Waals surface area contributed by atoms with Crippen LogP contribution in [0.2, 0.25) is 15.1 Å². The van der Waals surface area contributed by atoms with Crippen LogP contribution in [0.3, 0.4) is 0 Å². The van der Waals surface area contributed by atoms with Crippen LogP contribution in [0.1, 0.15) is 50.8 Å². The minimum Gasteiger partial charge on any atom is -0.350 e. The maximum Gasteiger partial charge on any atom is 0.264 e. The first kappa shape index (κ1) is 33.7. The molecule has 0 aliphatic heterocycles. The first-order valence-corrected chi connectivity index (χ1v) is 16.0. The van der Waals surface area contributed by atoms with E-state index < -0.39 is 34.1 Å². The molecule has 3 rings (SSSR count). The van der Waals surface area contributed by atoms with Gasteiger partial charge < -0.3 is 10.2 Å². The van der Waals surface area contributed by atoms with Gasteiger partial charge in [-0.1, -0.05) is 65.5 Å². The maximum absolute atomic E-state index is 14.3. The summed E-state index contributed by atoms with van der Waals surface area (Å²) in [5, 5.41) is 4.01. The molecule has 42 heavy (non-hydrogen) atoms. The summed E-state index contributed by atoms with van der Waals surface area (Å²) >= 11 is 19.1. The Morgan fingerprint density at radius 2 is 1.52 bits per heavy atom. The van der Waals surface area contributed by atoms with Gasteiger partial charge in [-0.25, -0.2) is 8.42 Å². The van der Waals surface area contributed by atoms with E-state index in [0.717, 1.165) is 9.87 Å². The number of sulfonamides is 1. The summed E-state index contributed by atoms with van der Waals surface area (Å²) in [5.74, 6) is -0.982. The van der Waals surface area contributed by atoms with Crippen LogP contribution in [-0.4, -0.2) is 43.3 Å². The van der Waals surface area contributed by atoms with Gasteiger partial charge in [-0.2, -0.15) is 0 Å². The Morgan fingerprint density at radius 1 is 0.929 bits per heavy atom. The van der Waals surface area contributed by atoms with E-state index in [0.29, 0.717) is 26.2 Å². The molecule has 11 heteroatoms. The molecule has 1 atom stereocenters. The zero-order chi connectivity index (χ0) is 31.4. The first-order chi connectivity index (χ1) is 19.5. The second-order valence-corrected chi connectivity index (χ2v) is 14.3. The predicted molar refractivity (Wildman–Crippen MR) is 171 cm³/mol. The lowest BCUT2D eigenvalue weighted by molar-refractivity contribution is -0.141. The van der Waals surface area contributed by atoms with Crippen LogP contribution in [0, 0.1) is 13.8 Å². The van der Waals surface area contributed by atoms with Gasteiger partial charge in [0.15, 0.2) is 0 Å². The molecule has 2 amide bonds. The molecule has 7 nitrogen and oxygen atoms in total. The van der Waals surface area contributed by atoms with Crippen LogP contribution in [0.4, 0.5) is 5.69 Å². The van der Waals surface area contributed by atoms with Crippen molar-refractivity contribution in [1.29, 1.82) is 0 Å². The van der Waals surface area contributed by atoms with Crippen molar-refractivity contribution < 1.29 is 18.0 Å². The van der Waals surface area contributed by atoms with Crippen molar-refractivity contribution in [2.45, 2.75) is 71.0 Å². The van der Waals surface area contributed by atoms with E-state index in [1.807, 2.05) is 27.7 Å². The Bertz CT molecular complexity index is 1530. The van der Waals surface area contributed by atoms with Gasteiger partial charge in [-0.05, 0) is 89.1 Å². The summed E-state index contributed by atoms with van der Waals surface area (Å²) in [5.41, 5.74) is 1.62. The minimum absolute atomic E-state index is 0.0217. The molecule has 0 saturated carbocycles. The third-order valence-electron chi connectivity index (χ3n) is 6.59. The van der Waals surface area contributed by atoms with Crippen molar-refractivity contribution in [2.75, 3.05) is 10.8 Å². The van der Waals surface area contributed by atoms with E-state index in [4.69, 9.17) is 34.8 Å². The number of nitrogens with zero attached hydrogens (tertiary/aromatic N) is 2. The van der Waals surface area contributed by atoms with E-state index in [9.17, 15) is 18.0 Å². The van der Waals surface area contributed by atoms with E-state index in [-0.39, 0.29) is 29.5 Å². The monoisotopic (exact) mass is 651 g/mol. The molecule has 3 aromatic carbocycles. The standard InChI is InChI=1S/C31H36Cl3N3O4S/c1-7-27(30(39)35-31(4,5)6)36(18-24-25(33)9-8-10-26(24)34)29(38)19-37(28-16-13-22(32)17-21(28)3)42(40,41)23-14-11-20(2)12-15-23/h8-17,27H,7,18-19H2,1-6H3,(H,35,39)/t27-/m1/s1. The molecule has 0 saturated heterocycles. The van der Waals surface area contributed by atoms with E-state index >= 15 is 0 Å². The van der Waals surface area contributed by atoms with Crippen LogP contribution in [-0.2, 0) is 26.2 Å². The highest BCUT2D eigenvalue weighted by Gasteiger charge is 2.35. The molecule has 0 spiro atoms. The quantitative estimate of drug-likeness (QED) is 0.251. The zero-order valence-corrected chi connectivity index (χ0v) is 27.6. The smallest absolute Gasteiger partial charge is 0.264 e. The van der Waals surface area contributed by atoms with Crippen LogP contribution in [0.5, 0.6) is 0 Å². The molecule has 3 aromatic rings. The fourth-order valence-corrected chi connectivity index (χ4v) is 6.70. The second kappa shape index (κ2) is 13.7. The number of benzene rings is 3. The topological polar surface area (TPSA) is 86.8 Å². The maximum atomic E-state index is 14.3. The van der Waals surface area contributed by atoms with Gasteiger partial charge in [-0.15, -0.1) is 0 Å². The number of amides is 2. The Kier molecular flexibility index (Phi) is 11.0. The van der Waals surface area contributed by atoms with Gasteiger partial charge in [-0.3, -0.25) is 13.9 Å². The number of aryl methyl sites for hydroxylation is 2. The Labute approximate surface area is 263 Å². The molecule has 226 valence electrons. The van der Waals surface area contributed by atoms with Crippen LogP contribution in [0.15, 0.2) is 65.6 Å². The summed E-state index contributed by atoms with van der Waals surface area (Å²) in [6, 6.07) is 15.2. The summed E-state index contributed by atoms with van der Waals surface area (Å²) in [6.07, 6.45) is 0.264. The third kappa shape index (κ3) is 8.19.